The predicted molar refractivity (Wildman–Crippen MR) is 66.6 cm³/mol. The Morgan fingerprint density at radius 1 is 1.05 bits per heavy atom. The predicted octanol–water partition coefficient (Wildman–Crippen LogP) is 5.04. The molecule has 0 aliphatic carbocycles. The summed E-state index contributed by atoms with van der Waals surface area (Å²) in [6.07, 6.45) is -4.54. The summed E-state index contributed by atoms with van der Waals surface area (Å²) in [7, 11) is 0. The molecule has 20 heavy (non-hydrogen) atoms. The molecule has 0 saturated carbocycles. The van der Waals surface area contributed by atoms with Crippen LogP contribution in [0.2, 0.25) is 5.02 Å². The van der Waals surface area contributed by atoms with E-state index in [2.05, 4.69) is 0 Å². The minimum atomic E-state index is -4.54. The number of hydrogen-bond donors (Lipinski definition) is 0. The summed E-state index contributed by atoms with van der Waals surface area (Å²) in [6.45, 7) is 0. The highest BCUT2D eigenvalue weighted by atomic mass is 35.5. The SMILES string of the molecule is N#Cc1ccc(C(F)(F)F)cc1-c1cc(F)cc(Cl)c1. The molecule has 0 aliphatic rings. The van der Waals surface area contributed by atoms with Gasteiger partial charge in [0.25, 0.3) is 0 Å². The van der Waals surface area contributed by atoms with Gasteiger partial charge < -0.3 is 0 Å². The lowest BCUT2D eigenvalue weighted by Crippen LogP contribution is -2.05. The third kappa shape index (κ3) is 2.91. The quantitative estimate of drug-likeness (QED) is 0.677. The van der Waals surface area contributed by atoms with Gasteiger partial charge >= 0.3 is 6.18 Å². The zero-order valence-electron chi connectivity index (χ0n) is 9.80. The number of rotatable bonds is 1. The van der Waals surface area contributed by atoms with E-state index in [1.54, 1.807) is 6.07 Å². The van der Waals surface area contributed by atoms with Gasteiger partial charge in [0.15, 0.2) is 0 Å². The van der Waals surface area contributed by atoms with Gasteiger partial charge in [-0.15, -0.1) is 0 Å². The fourth-order valence-corrected chi connectivity index (χ4v) is 1.99. The summed E-state index contributed by atoms with van der Waals surface area (Å²) < 4.78 is 51.4. The fraction of sp³-hybridized carbons (Fsp3) is 0.0714. The van der Waals surface area contributed by atoms with Crippen molar-refractivity contribution in [3.8, 4) is 17.2 Å². The van der Waals surface area contributed by atoms with Gasteiger partial charge in [0.1, 0.15) is 5.82 Å². The second-order valence-corrected chi connectivity index (χ2v) is 4.46. The molecule has 1 nitrogen and oxygen atoms in total. The number of nitrogens with zero attached hydrogens (tertiary/aromatic N) is 1. The Hall–Kier alpha value is -2.06. The number of hydrogen-bond acceptors (Lipinski definition) is 1. The molecule has 102 valence electrons. The van der Waals surface area contributed by atoms with Crippen molar-refractivity contribution in [2.75, 3.05) is 0 Å². The van der Waals surface area contributed by atoms with E-state index in [1.165, 1.54) is 6.07 Å². The first-order valence-corrected chi connectivity index (χ1v) is 5.77. The van der Waals surface area contributed by atoms with E-state index in [-0.39, 0.29) is 21.7 Å². The van der Waals surface area contributed by atoms with Crippen LogP contribution in [0.4, 0.5) is 17.6 Å². The van der Waals surface area contributed by atoms with Crippen LogP contribution in [0, 0.1) is 17.1 Å². The van der Waals surface area contributed by atoms with Crippen molar-refractivity contribution in [1.82, 2.24) is 0 Å². The van der Waals surface area contributed by atoms with Crippen LogP contribution in [0.3, 0.4) is 0 Å². The average molecular weight is 300 g/mol. The summed E-state index contributed by atoms with van der Waals surface area (Å²) in [6, 6.07) is 7.82. The molecule has 2 rings (SSSR count). The van der Waals surface area contributed by atoms with E-state index in [0.29, 0.717) is 0 Å². The third-order valence-electron chi connectivity index (χ3n) is 2.64. The summed E-state index contributed by atoms with van der Waals surface area (Å²) in [5, 5.41) is 9.00. The van der Waals surface area contributed by atoms with Crippen LogP contribution in [0.25, 0.3) is 11.1 Å². The zero-order chi connectivity index (χ0) is 14.9. The van der Waals surface area contributed by atoms with Crippen molar-refractivity contribution >= 4 is 11.6 Å². The van der Waals surface area contributed by atoms with Crippen LogP contribution in [-0.2, 0) is 6.18 Å². The summed E-state index contributed by atoms with van der Waals surface area (Å²) >= 11 is 5.68. The van der Waals surface area contributed by atoms with Crippen LogP contribution in [0.5, 0.6) is 0 Å². The van der Waals surface area contributed by atoms with Gasteiger partial charge in [-0.25, -0.2) is 4.39 Å². The normalized spacial score (nSPS) is 11.2. The van der Waals surface area contributed by atoms with Gasteiger partial charge in [-0.3, -0.25) is 0 Å². The number of nitriles is 1. The largest absolute Gasteiger partial charge is 0.416 e. The monoisotopic (exact) mass is 299 g/mol. The highest BCUT2D eigenvalue weighted by Gasteiger charge is 2.31. The molecule has 0 atom stereocenters. The molecule has 6 heteroatoms. The Labute approximate surface area is 117 Å². The van der Waals surface area contributed by atoms with Crippen molar-refractivity contribution in [1.29, 1.82) is 5.26 Å². The van der Waals surface area contributed by atoms with Gasteiger partial charge in [-0.1, -0.05) is 11.6 Å². The molecule has 0 N–H and O–H groups in total. The van der Waals surface area contributed by atoms with Gasteiger partial charge in [0, 0.05) is 10.6 Å². The van der Waals surface area contributed by atoms with E-state index in [0.717, 1.165) is 30.3 Å². The highest BCUT2D eigenvalue weighted by molar-refractivity contribution is 6.30. The molecule has 0 radical (unpaired) electrons. The van der Waals surface area contributed by atoms with Gasteiger partial charge in [-0.2, -0.15) is 18.4 Å². The van der Waals surface area contributed by atoms with Crippen LogP contribution < -0.4 is 0 Å². The molecule has 0 bridgehead atoms. The molecule has 0 aromatic heterocycles. The van der Waals surface area contributed by atoms with Gasteiger partial charge in [0.2, 0.25) is 0 Å². The van der Waals surface area contributed by atoms with Gasteiger partial charge in [-0.05, 0) is 42.0 Å². The standard InChI is InChI=1S/C14H6ClF4N/c15-11-3-9(4-12(16)6-11)13-5-10(14(17,18)19)2-1-8(13)7-20/h1-6H. The van der Waals surface area contributed by atoms with Crippen LogP contribution in [0.1, 0.15) is 11.1 Å². The molecule has 0 fully saturated rings. The average Bonchev–Trinajstić information content (AvgIpc) is 2.35. The van der Waals surface area contributed by atoms with E-state index < -0.39 is 17.6 Å². The van der Waals surface area contributed by atoms with E-state index in [9.17, 15) is 17.6 Å². The Bertz CT molecular complexity index is 681. The van der Waals surface area contributed by atoms with Crippen molar-refractivity contribution in [2.45, 2.75) is 6.18 Å². The zero-order valence-corrected chi connectivity index (χ0v) is 10.6. The van der Waals surface area contributed by atoms with Crippen LogP contribution >= 0.6 is 11.6 Å². The van der Waals surface area contributed by atoms with Crippen molar-refractivity contribution in [3.63, 3.8) is 0 Å². The Morgan fingerprint density at radius 3 is 2.30 bits per heavy atom. The molecule has 0 saturated heterocycles. The molecule has 0 amide bonds. The van der Waals surface area contributed by atoms with Gasteiger partial charge in [0.05, 0.1) is 17.2 Å². The summed E-state index contributed by atoms with van der Waals surface area (Å²) in [5.41, 5.74) is -0.784. The molecular weight excluding hydrogens is 294 g/mol. The first kappa shape index (κ1) is 14.4. The maximum atomic E-state index is 13.3. The first-order chi connectivity index (χ1) is 9.31. The Balaban J connectivity index is 2.68. The van der Waals surface area contributed by atoms with E-state index in [1.807, 2.05) is 0 Å². The minimum Gasteiger partial charge on any atom is -0.207 e. The Morgan fingerprint density at radius 2 is 1.75 bits per heavy atom. The van der Waals surface area contributed by atoms with Crippen LogP contribution in [-0.4, -0.2) is 0 Å². The lowest BCUT2D eigenvalue weighted by molar-refractivity contribution is -0.137. The summed E-state index contributed by atoms with van der Waals surface area (Å²) in [5.74, 6) is -0.686. The number of halogens is 5. The lowest BCUT2D eigenvalue weighted by Gasteiger charge is -2.11. The molecule has 0 spiro atoms. The molecule has 0 aliphatic heterocycles. The van der Waals surface area contributed by atoms with E-state index >= 15 is 0 Å². The number of benzene rings is 2. The molecular formula is C14H6ClF4N. The highest BCUT2D eigenvalue weighted by Crippen LogP contribution is 2.34. The maximum absolute atomic E-state index is 13.3. The maximum Gasteiger partial charge on any atom is 0.416 e. The minimum absolute atomic E-state index is 0.0104. The topological polar surface area (TPSA) is 23.8 Å². The van der Waals surface area contributed by atoms with E-state index in [4.69, 9.17) is 16.9 Å². The van der Waals surface area contributed by atoms with Crippen molar-refractivity contribution in [2.24, 2.45) is 0 Å². The number of alkyl halides is 3. The fourth-order valence-electron chi connectivity index (χ4n) is 1.77. The molecule has 2 aromatic rings. The first-order valence-electron chi connectivity index (χ1n) is 5.39. The molecule has 0 unspecified atom stereocenters. The van der Waals surface area contributed by atoms with Crippen LogP contribution in [0.15, 0.2) is 36.4 Å². The lowest BCUT2D eigenvalue weighted by atomic mass is 9.97. The Kier molecular flexibility index (Phi) is 3.69. The molecule has 2 aromatic carbocycles. The van der Waals surface area contributed by atoms with Crippen molar-refractivity contribution in [3.05, 3.63) is 58.4 Å². The third-order valence-corrected chi connectivity index (χ3v) is 2.86. The molecule has 0 heterocycles. The second kappa shape index (κ2) is 5.14. The second-order valence-electron chi connectivity index (χ2n) is 4.03. The van der Waals surface area contributed by atoms with Crippen molar-refractivity contribution < 1.29 is 17.6 Å². The summed E-state index contributed by atoms with van der Waals surface area (Å²) in [4.78, 5) is 0. The smallest absolute Gasteiger partial charge is 0.207 e.